The van der Waals surface area contributed by atoms with Crippen molar-refractivity contribution in [3.63, 3.8) is 0 Å². The molecule has 6 nitrogen and oxygen atoms in total. The number of anilines is 1. The van der Waals surface area contributed by atoms with Crippen molar-refractivity contribution >= 4 is 11.7 Å². The van der Waals surface area contributed by atoms with E-state index in [1.54, 1.807) is 13.0 Å². The summed E-state index contributed by atoms with van der Waals surface area (Å²) in [6.45, 7) is 5.20. The lowest BCUT2D eigenvalue weighted by molar-refractivity contribution is -0.138. The molecule has 0 atom stereocenters. The average molecular weight is 396 g/mol. The zero-order valence-corrected chi connectivity index (χ0v) is 16.1. The van der Waals surface area contributed by atoms with Crippen molar-refractivity contribution in [1.82, 2.24) is 5.01 Å². The van der Waals surface area contributed by atoms with Crippen LogP contribution in [0.5, 0.6) is 5.75 Å². The van der Waals surface area contributed by atoms with Gasteiger partial charge in [-0.3, -0.25) is 5.01 Å². The Bertz CT molecular complexity index is 882. The number of rotatable bonds is 4. The van der Waals surface area contributed by atoms with Crippen LogP contribution in [0.15, 0.2) is 30.3 Å². The Labute approximate surface area is 161 Å². The molecule has 0 bridgehead atoms. The van der Waals surface area contributed by atoms with E-state index in [2.05, 4.69) is 0 Å². The first-order valence-corrected chi connectivity index (χ1v) is 8.40. The van der Waals surface area contributed by atoms with E-state index in [1.807, 2.05) is 19.9 Å². The number of amides is 2. The highest BCUT2D eigenvalue weighted by atomic mass is 19.4. The molecular formula is C19H23F3N4O2. The number of nitrogens with two attached hydrogens (primary N) is 2. The number of aryl methyl sites for hydroxylation is 3. The highest BCUT2D eigenvalue weighted by Gasteiger charge is 2.35. The molecule has 9 heteroatoms. The Kier molecular flexibility index (Phi) is 6.20. The van der Waals surface area contributed by atoms with Crippen molar-refractivity contribution in [2.45, 2.75) is 33.6 Å². The highest BCUT2D eigenvalue weighted by molar-refractivity contribution is 5.91. The number of carbonyl (C=O) groups is 1. The second kappa shape index (κ2) is 8.07. The number of hydrogen-bond acceptors (Lipinski definition) is 4. The maximum Gasteiger partial charge on any atom is 0.416 e. The number of carbonyl (C=O) groups excluding carboxylic acids is 1. The minimum Gasteiger partial charge on any atom is -0.489 e. The standard InChI is InChI=1S/C19H23F3N4O2/c1-11-8-13(3)17(9-12(11)2)28-10-14-15(19(20,21)22)6-5-7-16(14)26(24)18(27)25(4)23/h5-9H,10,23-24H2,1-4H3. The molecule has 2 rings (SSSR count). The topological polar surface area (TPSA) is 84.8 Å². The van der Waals surface area contributed by atoms with Crippen LogP contribution in [-0.4, -0.2) is 18.1 Å². The Hall–Kier alpha value is -2.78. The summed E-state index contributed by atoms with van der Waals surface area (Å²) in [5, 5.41) is 1.25. The van der Waals surface area contributed by atoms with Crippen molar-refractivity contribution in [3.05, 3.63) is 58.1 Å². The fourth-order valence-corrected chi connectivity index (χ4v) is 2.73. The number of benzene rings is 2. The molecule has 0 radical (unpaired) electrons. The number of halogens is 3. The third-order valence-electron chi connectivity index (χ3n) is 4.39. The van der Waals surface area contributed by atoms with E-state index < -0.39 is 24.4 Å². The lowest BCUT2D eigenvalue weighted by atomic mass is 10.0. The van der Waals surface area contributed by atoms with Crippen LogP contribution in [0.2, 0.25) is 0 Å². The molecule has 4 N–H and O–H groups in total. The van der Waals surface area contributed by atoms with Crippen molar-refractivity contribution in [1.29, 1.82) is 0 Å². The monoisotopic (exact) mass is 396 g/mol. The van der Waals surface area contributed by atoms with Gasteiger partial charge in [-0.05, 0) is 55.7 Å². The third kappa shape index (κ3) is 4.55. The van der Waals surface area contributed by atoms with Crippen LogP contribution in [0.3, 0.4) is 0 Å². The van der Waals surface area contributed by atoms with E-state index >= 15 is 0 Å². The minimum absolute atomic E-state index is 0.140. The summed E-state index contributed by atoms with van der Waals surface area (Å²) in [5.41, 5.74) is 1.45. The second-order valence-corrected chi connectivity index (χ2v) is 6.56. The molecule has 152 valence electrons. The van der Waals surface area contributed by atoms with Gasteiger partial charge in [0.1, 0.15) is 12.4 Å². The summed E-state index contributed by atoms with van der Waals surface area (Å²) in [7, 11) is 1.24. The quantitative estimate of drug-likeness (QED) is 0.468. The van der Waals surface area contributed by atoms with Gasteiger partial charge >= 0.3 is 12.2 Å². The molecule has 0 aliphatic rings. The first kappa shape index (κ1) is 21.5. The first-order valence-electron chi connectivity index (χ1n) is 8.40. The summed E-state index contributed by atoms with van der Waals surface area (Å²) in [6.07, 6.45) is -4.65. The van der Waals surface area contributed by atoms with Gasteiger partial charge in [0.2, 0.25) is 0 Å². The van der Waals surface area contributed by atoms with E-state index in [-0.39, 0.29) is 11.3 Å². The van der Waals surface area contributed by atoms with Crippen molar-refractivity contribution < 1.29 is 22.7 Å². The van der Waals surface area contributed by atoms with Gasteiger partial charge in [-0.25, -0.2) is 21.5 Å². The summed E-state index contributed by atoms with van der Waals surface area (Å²) < 4.78 is 46.3. The normalized spacial score (nSPS) is 11.3. The molecule has 0 unspecified atom stereocenters. The molecule has 28 heavy (non-hydrogen) atoms. The molecule has 0 aliphatic carbocycles. The SMILES string of the molecule is Cc1cc(C)c(OCc2c(N(N)C(=O)N(C)N)cccc2C(F)(F)F)cc1C. The maximum absolute atomic E-state index is 13.5. The summed E-state index contributed by atoms with van der Waals surface area (Å²) >= 11 is 0. The summed E-state index contributed by atoms with van der Waals surface area (Å²) in [4.78, 5) is 12.0. The molecule has 2 aromatic carbocycles. The van der Waals surface area contributed by atoms with Crippen molar-refractivity contribution in [3.8, 4) is 5.75 Å². The van der Waals surface area contributed by atoms with Gasteiger partial charge < -0.3 is 4.74 Å². The predicted molar refractivity (Wildman–Crippen MR) is 100 cm³/mol. The zero-order chi connectivity index (χ0) is 21.2. The Morgan fingerprint density at radius 1 is 1.07 bits per heavy atom. The van der Waals surface area contributed by atoms with Crippen LogP contribution in [0.1, 0.15) is 27.8 Å². The Balaban J connectivity index is 2.48. The van der Waals surface area contributed by atoms with Crippen molar-refractivity contribution in [2.24, 2.45) is 11.7 Å². The van der Waals surface area contributed by atoms with E-state index in [1.165, 1.54) is 19.2 Å². The van der Waals surface area contributed by atoms with Crippen molar-refractivity contribution in [2.75, 3.05) is 12.1 Å². The molecule has 0 spiro atoms. The molecule has 0 saturated heterocycles. The van der Waals surface area contributed by atoms with Gasteiger partial charge in [-0.1, -0.05) is 12.1 Å². The van der Waals surface area contributed by atoms with Gasteiger partial charge in [0.25, 0.3) is 0 Å². The largest absolute Gasteiger partial charge is 0.489 e. The summed E-state index contributed by atoms with van der Waals surface area (Å²) in [5.74, 6) is 11.6. The Morgan fingerprint density at radius 3 is 2.25 bits per heavy atom. The van der Waals surface area contributed by atoms with Gasteiger partial charge in [-0.15, -0.1) is 0 Å². The first-order chi connectivity index (χ1) is 12.9. The molecule has 0 saturated carbocycles. The minimum atomic E-state index is -4.65. The highest BCUT2D eigenvalue weighted by Crippen LogP contribution is 2.37. The number of hydrazine groups is 2. The van der Waals surface area contributed by atoms with Crippen LogP contribution in [0.4, 0.5) is 23.7 Å². The van der Waals surface area contributed by atoms with Crippen LogP contribution >= 0.6 is 0 Å². The van der Waals surface area contributed by atoms with E-state index in [4.69, 9.17) is 16.4 Å². The molecule has 0 aromatic heterocycles. The van der Waals surface area contributed by atoms with Crippen LogP contribution in [0, 0.1) is 20.8 Å². The fourth-order valence-electron chi connectivity index (χ4n) is 2.73. The number of nitrogens with zero attached hydrogens (tertiary/aromatic N) is 2. The number of hydrogen-bond donors (Lipinski definition) is 2. The molecule has 2 aromatic rings. The molecule has 0 fully saturated rings. The van der Waals surface area contributed by atoms with Gasteiger partial charge in [-0.2, -0.15) is 13.2 Å². The van der Waals surface area contributed by atoms with Gasteiger partial charge in [0.15, 0.2) is 0 Å². The lowest BCUT2D eigenvalue weighted by Gasteiger charge is -2.25. The molecule has 0 heterocycles. The van der Waals surface area contributed by atoms with E-state index in [9.17, 15) is 18.0 Å². The van der Waals surface area contributed by atoms with E-state index in [0.29, 0.717) is 15.8 Å². The predicted octanol–water partition coefficient (Wildman–Crippen LogP) is 3.82. The number of ether oxygens (including phenoxy) is 1. The molecule has 0 aliphatic heterocycles. The van der Waals surface area contributed by atoms with E-state index in [0.717, 1.165) is 22.8 Å². The van der Waals surface area contributed by atoms with Crippen LogP contribution < -0.4 is 21.4 Å². The summed E-state index contributed by atoms with van der Waals surface area (Å²) in [6, 6.07) is 6.18. The third-order valence-corrected chi connectivity index (χ3v) is 4.39. The number of urea groups is 1. The Morgan fingerprint density at radius 2 is 1.68 bits per heavy atom. The fraction of sp³-hybridized carbons (Fsp3) is 0.316. The average Bonchev–Trinajstić information content (AvgIpc) is 2.61. The van der Waals surface area contributed by atoms with Crippen LogP contribution in [-0.2, 0) is 12.8 Å². The van der Waals surface area contributed by atoms with Gasteiger partial charge in [0.05, 0.1) is 11.3 Å². The number of alkyl halides is 3. The lowest BCUT2D eigenvalue weighted by Crippen LogP contribution is -2.49. The molecule has 2 amide bonds. The maximum atomic E-state index is 13.5. The van der Waals surface area contributed by atoms with Gasteiger partial charge in [0, 0.05) is 12.6 Å². The smallest absolute Gasteiger partial charge is 0.416 e. The second-order valence-electron chi connectivity index (χ2n) is 6.56. The van der Waals surface area contributed by atoms with Crippen LogP contribution in [0.25, 0.3) is 0 Å². The zero-order valence-electron chi connectivity index (χ0n) is 16.1. The molecular weight excluding hydrogens is 373 g/mol.